The quantitative estimate of drug-likeness (QED) is 0.474. The van der Waals surface area contributed by atoms with Crippen molar-refractivity contribution in [2.45, 2.75) is 19.3 Å². The van der Waals surface area contributed by atoms with Crippen molar-refractivity contribution in [1.82, 2.24) is 0 Å². The zero-order valence-corrected chi connectivity index (χ0v) is 19.4. The second kappa shape index (κ2) is 10.1. The standard InChI is InChI=1S/C24H24Cl2O5/c1-28-20-12-14(10-18(25)23(20)30-3)8-16-6-5-7-17(22(16)27)9-15-11-19(26)24(31-4)21(13-15)29-2/h8-13H,5-7H2,1-4H3. The number of Topliss-reactive ketones (excluding diaryl/α,β-unsaturated/α-hetero) is 1. The number of ether oxygens (including phenoxy) is 4. The van der Waals surface area contributed by atoms with E-state index in [9.17, 15) is 4.79 Å². The minimum Gasteiger partial charge on any atom is -0.493 e. The van der Waals surface area contributed by atoms with Gasteiger partial charge in [-0.05, 0) is 66.8 Å². The first-order valence-corrected chi connectivity index (χ1v) is 10.5. The van der Waals surface area contributed by atoms with Gasteiger partial charge in [0.1, 0.15) is 0 Å². The summed E-state index contributed by atoms with van der Waals surface area (Å²) < 4.78 is 21.3. The van der Waals surface area contributed by atoms with Gasteiger partial charge in [-0.3, -0.25) is 4.79 Å². The van der Waals surface area contributed by atoms with Crippen LogP contribution in [0, 0.1) is 0 Å². The Bertz CT molecular complexity index is 975. The van der Waals surface area contributed by atoms with Crippen molar-refractivity contribution < 1.29 is 23.7 Å². The molecule has 0 aromatic heterocycles. The Morgan fingerprint density at radius 1 is 0.710 bits per heavy atom. The molecular weight excluding hydrogens is 439 g/mol. The maximum Gasteiger partial charge on any atom is 0.185 e. The molecule has 3 rings (SSSR count). The van der Waals surface area contributed by atoms with Crippen molar-refractivity contribution in [1.29, 1.82) is 0 Å². The molecule has 2 aromatic carbocycles. The molecule has 0 unspecified atom stereocenters. The van der Waals surface area contributed by atoms with E-state index in [-0.39, 0.29) is 5.78 Å². The Morgan fingerprint density at radius 2 is 1.13 bits per heavy atom. The van der Waals surface area contributed by atoms with Crippen LogP contribution in [-0.2, 0) is 4.79 Å². The topological polar surface area (TPSA) is 54.0 Å². The summed E-state index contributed by atoms with van der Waals surface area (Å²) in [6.45, 7) is 0. The number of carbonyl (C=O) groups excluding carboxylic acids is 1. The number of halogens is 2. The van der Waals surface area contributed by atoms with Crippen molar-refractivity contribution in [3.8, 4) is 23.0 Å². The molecular formula is C24H24Cl2O5. The molecule has 1 saturated carbocycles. The number of allylic oxidation sites excluding steroid dienone is 2. The van der Waals surface area contributed by atoms with Crippen LogP contribution in [0.25, 0.3) is 12.2 Å². The second-order valence-electron chi connectivity index (χ2n) is 7.00. The third-order valence-corrected chi connectivity index (χ3v) is 5.63. The van der Waals surface area contributed by atoms with Gasteiger partial charge in [-0.15, -0.1) is 0 Å². The van der Waals surface area contributed by atoms with E-state index in [1.165, 1.54) is 14.2 Å². The monoisotopic (exact) mass is 462 g/mol. The van der Waals surface area contributed by atoms with Crippen molar-refractivity contribution >= 4 is 41.1 Å². The first kappa shape index (κ1) is 23.0. The van der Waals surface area contributed by atoms with Crippen LogP contribution in [0.5, 0.6) is 23.0 Å². The molecule has 164 valence electrons. The van der Waals surface area contributed by atoms with Crippen molar-refractivity contribution in [3.63, 3.8) is 0 Å². The summed E-state index contributed by atoms with van der Waals surface area (Å²) in [5.41, 5.74) is 2.99. The van der Waals surface area contributed by atoms with Gasteiger partial charge in [0.25, 0.3) is 0 Å². The molecule has 2 aromatic rings. The molecule has 1 aliphatic rings. The first-order valence-electron chi connectivity index (χ1n) is 9.70. The van der Waals surface area contributed by atoms with Gasteiger partial charge < -0.3 is 18.9 Å². The fraction of sp³-hybridized carbons (Fsp3) is 0.292. The van der Waals surface area contributed by atoms with Crippen LogP contribution in [0.4, 0.5) is 0 Å². The summed E-state index contributed by atoms with van der Waals surface area (Å²) >= 11 is 12.6. The van der Waals surface area contributed by atoms with Crippen LogP contribution in [0.1, 0.15) is 30.4 Å². The molecule has 0 N–H and O–H groups in total. The number of hydrogen-bond donors (Lipinski definition) is 0. The number of hydrogen-bond acceptors (Lipinski definition) is 5. The maximum absolute atomic E-state index is 13.1. The van der Waals surface area contributed by atoms with Crippen molar-refractivity contribution in [3.05, 3.63) is 56.6 Å². The molecule has 0 spiro atoms. The van der Waals surface area contributed by atoms with E-state index < -0.39 is 0 Å². The SMILES string of the molecule is COc1cc(C=C2CCCC(=Cc3cc(Cl)c(OC)c(OC)c3)C2=O)cc(Cl)c1OC. The summed E-state index contributed by atoms with van der Waals surface area (Å²) in [6, 6.07) is 7.12. The zero-order valence-electron chi connectivity index (χ0n) is 17.9. The minimum atomic E-state index is 0.00284. The molecule has 0 saturated heterocycles. The number of benzene rings is 2. The van der Waals surface area contributed by atoms with Gasteiger partial charge in [0.05, 0.1) is 38.5 Å². The molecule has 0 amide bonds. The summed E-state index contributed by atoms with van der Waals surface area (Å²) in [4.78, 5) is 13.1. The Labute approximate surface area is 192 Å². The summed E-state index contributed by atoms with van der Waals surface area (Å²) in [5.74, 6) is 1.96. The van der Waals surface area contributed by atoms with E-state index in [1.54, 1.807) is 38.5 Å². The van der Waals surface area contributed by atoms with Crippen LogP contribution < -0.4 is 18.9 Å². The Kier molecular flexibility index (Phi) is 7.52. The van der Waals surface area contributed by atoms with E-state index >= 15 is 0 Å². The number of rotatable bonds is 6. The number of carbonyl (C=O) groups is 1. The highest BCUT2D eigenvalue weighted by Gasteiger charge is 2.22. The molecule has 1 fully saturated rings. The third kappa shape index (κ3) is 5.00. The lowest BCUT2D eigenvalue weighted by atomic mass is 9.87. The molecule has 0 aliphatic heterocycles. The smallest absolute Gasteiger partial charge is 0.185 e. The van der Waals surface area contributed by atoms with E-state index in [4.69, 9.17) is 42.1 Å². The predicted octanol–water partition coefficient (Wildman–Crippen LogP) is 6.25. The third-order valence-electron chi connectivity index (χ3n) is 5.07. The van der Waals surface area contributed by atoms with Crippen LogP contribution in [0.2, 0.25) is 10.0 Å². The maximum atomic E-state index is 13.1. The Morgan fingerprint density at radius 3 is 1.48 bits per heavy atom. The summed E-state index contributed by atoms with van der Waals surface area (Å²) in [5, 5.41) is 0.848. The van der Waals surface area contributed by atoms with Gasteiger partial charge in [0, 0.05) is 11.1 Å². The molecule has 0 bridgehead atoms. The fourth-order valence-corrected chi connectivity index (χ4v) is 4.22. The average molecular weight is 463 g/mol. The number of methoxy groups -OCH3 is 4. The van der Waals surface area contributed by atoms with E-state index in [0.717, 1.165) is 17.5 Å². The lowest BCUT2D eigenvalue weighted by Crippen LogP contribution is -2.12. The van der Waals surface area contributed by atoms with Gasteiger partial charge in [-0.2, -0.15) is 0 Å². The van der Waals surface area contributed by atoms with Crippen LogP contribution >= 0.6 is 23.2 Å². The minimum absolute atomic E-state index is 0.00284. The molecule has 31 heavy (non-hydrogen) atoms. The fourth-order valence-electron chi connectivity index (χ4n) is 3.62. The van der Waals surface area contributed by atoms with Gasteiger partial charge in [-0.25, -0.2) is 0 Å². The second-order valence-corrected chi connectivity index (χ2v) is 7.81. The lowest BCUT2D eigenvalue weighted by Gasteiger charge is -2.18. The Hall–Kier alpha value is -2.63. The molecule has 7 heteroatoms. The zero-order chi connectivity index (χ0) is 22.5. The highest BCUT2D eigenvalue weighted by Crippen LogP contribution is 2.39. The highest BCUT2D eigenvalue weighted by atomic mass is 35.5. The van der Waals surface area contributed by atoms with Gasteiger partial charge in [0.2, 0.25) is 0 Å². The highest BCUT2D eigenvalue weighted by molar-refractivity contribution is 6.33. The van der Waals surface area contributed by atoms with Crippen molar-refractivity contribution in [2.24, 2.45) is 0 Å². The molecule has 0 heterocycles. The molecule has 0 radical (unpaired) electrons. The number of ketones is 1. The molecule has 5 nitrogen and oxygen atoms in total. The van der Waals surface area contributed by atoms with Gasteiger partial charge in [0.15, 0.2) is 28.8 Å². The van der Waals surface area contributed by atoms with Gasteiger partial charge in [-0.1, -0.05) is 23.2 Å². The normalized spacial score (nSPS) is 16.5. The van der Waals surface area contributed by atoms with E-state index in [0.29, 0.717) is 57.0 Å². The van der Waals surface area contributed by atoms with Crippen LogP contribution in [0.3, 0.4) is 0 Å². The Balaban J connectivity index is 1.95. The van der Waals surface area contributed by atoms with Crippen molar-refractivity contribution in [2.75, 3.05) is 28.4 Å². The molecule has 0 atom stereocenters. The summed E-state index contributed by atoms with van der Waals surface area (Å²) in [7, 11) is 6.16. The van der Waals surface area contributed by atoms with E-state index in [1.807, 2.05) is 12.2 Å². The van der Waals surface area contributed by atoms with E-state index in [2.05, 4.69) is 0 Å². The average Bonchev–Trinajstić information content (AvgIpc) is 2.75. The van der Waals surface area contributed by atoms with Gasteiger partial charge >= 0.3 is 0 Å². The largest absolute Gasteiger partial charge is 0.493 e. The van der Waals surface area contributed by atoms with Crippen LogP contribution in [-0.4, -0.2) is 34.2 Å². The predicted molar refractivity (Wildman–Crippen MR) is 124 cm³/mol. The first-order chi connectivity index (χ1) is 14.9. The lowest BCUT2D eigenvalue weighted by molar-refractivity contribution is -0.112. The van der Waals surface area contributed by atoms with Crippen LogP contribution in [0.15, 0.2) is 35.4 Å². The molecule has 1 aliphatic carbocycles. The summed E-state index contributed by atoms with van der Waals surface area (Å²) in [6.07, 6.45) is 5.95.